The topological polar surface area (TPSA) is 111 Å². The molecule has 0 aliphatic carbocycles. The molecule has 0 saturated heterocycles. The van der Waals surface area contributed by atoms with Crippen molar-refractivity contribution in [2.75, 3.05) is 5.32 Å². The number of rotatable bonds is 5. The monoisotopic (exact) mass is 238 g/mol. The van der Waals surface area contributed by atoms with Crippen LogP contribution in [0, 0.1) is 10.1 Å². The number of nitro groups is 1. The average molecular weight is 238 g/mol. The van der Waals surface area contributed by atoms with Gasteiger partial charge in [-0.2, -0.15) is 0 Å². The molecule has 1 aromatic rings. The SMILES string of the molecule is CC(C)(CC(N)=O)Nc1ccc([N+](=O)[O-])nc1. The van der Waals surface area contributed by atoms with Crippen LogP contribution in [0.2, 0.25) is 0 Å². The zero-order chi connectivity index (χ0) is 13.1. The Kier molecular flexibility index (Phi) is 3.62. The highest BCUT2D eigenvalue weighted by Gasteiger charge is 2.21. The number of pyridine rings is 1. The maximum absolute atomic E-state index is 10.8. The van der Waals surface area contributed by atoms with Crippen LogP contribution >= 0.6 is 0 Å². The normalized spacial score (nSPS) is 10.9. The molecule has 1 aromatic heterocycles. The summed E-state index contributed by atoms with van der Waals surface area (Å²) in [6, 6.07) is 2.83. The molecule has 1 amide bonds. The van der Waals surface area contributed by atoms with Crippen molar-refractivity contribution in [3.8, 4) is 0 Å². The molecule has 0 spiro atoms. The molecule has 0 radical (unpaired) electrons. The van der Waals surface area contributed by atoms with Gasteiger partial charge in [0.15, 0.2) is 6.20 Å². The van der Waals surface area contributed by atoms with Gasteiger partial charge in [0.05, 0.1) is 5.69 Å². The van der Waals surface area contributed by atoms with Crippen LogP contribution in [0.5, 0.6) is 0 Å². The third-order valence-corrected chi connectivity index (χ3v) is 2.03. The minimum Gasteiger partial charge on any atom is -0.377 e. The quantitative estimate of drug-likeness (QED) is 0.588. The van der Waals surface area contributed by atoms with E-state index in [0.717, 1.165) is 0 Å². The fourth-order valence-corrected chi connectivity index (χ4v) is 1.44. The molecular weight excluding hydrogens is 224 g/mol. The minimum atomic E-state index is -0.571. The van der Waals surface area contributed by atoms with Gasteiger partial charge in [0, 0.05) is 18.0 Å². The largest absolute Gasteiger partial charge is 0.377 e. The molecule has 1 heterocycles. The summed E-state index contributed by atoms with van der Waals surface area (Å²) in [6.07, 6.45) is 1.50. The second kappa shape index (κ2) is 4.77. The van der Waals surface area contributed by atoms with Crippen LogP contribution in [0.1, 0.15) is 20.3 Å². The third-order valence-electron chi connectivity index (χ3n) is 2.03. The number of nitrogens with two attached hydrogens (primary N) is 1. The Hall–Kier alpha value is -2.18. The van der Waals surface area contributed by atoms with Crippen LogP contribution in [-0.2, 0) is 4.79 Å². The summed E-state index contributed by atoms with van der Waals surface area (Å²) in [6.45, 7) is 3.61. The summed E-state index contributed by atoms with van der Waals surface area (Å²) in [5.41, 5.74) is 5.19. The van der Waals surface area contributed by atoms with E-state index in [0.29, 0.717) is 5.69 Å². The van der Waals surface area contributed by atoms with Crippen LogP contribution < -0.4 is 11.1 Å². The molecule has 92 valence electrons. The molecule has 0 saturated carbocycles. The number of primary amides is 1. The summed E-state index contributed by atoms with van der Waals surface area (Å²) < 4.78 is 0. The first-order valence-electron chi connectivity index (χ1n) is 4.97. The molecule has 17 heavy (non-hydrogen) atoms. The van der Waals surface area contributed by atoms with Crippen molar-refractivity contribution in [1.82, 2.24) is 4.98 Å². The molecule has 0 bridgehead atoms. The number of aromatic nitrogens is 1. The Balaban J connectivity index is 2.75. The van der Waals surface area contributed by atoms with E-state index in [4.69, 9.17) is 5.73 Å². The number of hydrogen-bond donors (Lipinski definition) is 2. The van der Waals surface area contributed by atoms with Crippen LogP contribution in [0.4, 0.5) is 11.5 Å². The predicted octanol–water partition coefficient (Wildman–Crippen LogP) is 1.06. The maximum atomic E-state index is 10.8. The lowest BCUT2D eigenvalue weighted by molar-refractivity contribution is -0.389. The number of nitrogens with one attached hydrogen (secondary N) is 1. The molecule has 3 N–H and O–H groups in total. The lowest BCUT2D eigenvalue weighted by Gasteiger charge is -2.25. The van der Waals surface area contributed by atoms with E-state index in [1.54, 1.807) is 13.8 Å². The van der Waals surface area contributed by atoms with Crippen molar-refractivity contribution in [3.63, 3.8) is 0 Å². The minimum absolute atomic E-state index is 0.157. The molecule has 0 unspecified atom stereocenters. The Bertz CT molecular complexity index is 428. The number of nitrogens with zero attached hydrogens (tertiary/aromatic N) is 2. The van der Waals surface area contributed by atoms with E-state index >= 15 is 0 Å². The third kappa shape index (κ3) is 4.06. The predicted molar refractivity (Wildman–Crippen MR) is 62.4 cm³/mol. The average Bonchev–Trinajstić information content (AvgIpc) is 2.15. The molecule has 0 aromatic carbocycles. The Morgan fingerprint density at radius 1 is 1.59 bits per heavy atom. The standard InChI is InChI=1S/C10H14N4O3/c1-10(2,5-8(11)15)13-7-3-4-9(12-6-7)14(16)17/h3-4,6,13H,5H2,1-2H3,(H2,11,15). The first-order valence-corrected chi connectivity index (χ1v) is 4.97. The lowest BCUT2D eigenvalue weighted by Crippen LogP contribution is -2.36. The van der Waals surface area contributed by atoms with Gasteiger partial charge in [-0.25, -0.2) is 0 Å². The highest BCUT2D eigenvalue weighted by atomic mass is 16.6. The van der Waals surface area contributed by atoms with Crippen molar-refractivity contribution in [2.24, 2.45) is 5.73 Å². The van der Waals surface area contributed by atoms with E-state index in [9.17, 15) is 14.9 Å². The van der Waals surface area contributed by atoms with Gasteiger partial charge in [-0.3, -0.25) is 4.79 Å². The zero-order valence-corrected chi connectivity index (χ0v) is 9.64. The fourth-order valence-electron chi connectivity index (χ4n) is 1.44. The number of amides is 1. The first kappa shape index (κ1) is 12.9. The van der Waals surface area contributed by atoms with Gasteiger partial charge in [-0.1, -0.05) is 0 Å². The van der Waals surface area contributed by atoms with E-state index in [-0.39, 0.29) is 12.2 Å². The summed E-state index contributed by atoms with van der Waals surface area (Å²) in [5, 5.41) is 13.4. The Morgan fingerprint density at radius 2 is 2.24 bits per heavy atom. The van der Waals surface area contributed by atoms with Crippen molar-refractivity contribution in [3.05, 3.63) is 28.4 Å². The molecule has 7 nitrogen and oxygen atoms in total. The molecule has 0 aliphatic heterocycles. The van der Waals surface area contributed by atoms with Crippen molar-refractivity contribution >= 4 is 17.4 Å². The number of carbonyl (C=O) groups excluding carboxylic acids is 1. The molecular formula is C10H14N4O3. The van der Waals surface area contributed by atoms with Crippen molar-refractivity contribution < 1.29 is 9.72 Å². The first-order chi connectivity index (χ1) is 7.80. The molecule has 0 aliphatic rings. The van der Waals surface area contributed by atoms with Gasteiger partial charge in [-0.05, 0) is 29.8 Å². The number of anilines is 1. The smallest absolute Gasteiger partial charge is 0.363 e. The number of hydrogen-bond acceptors (Lipinski definition) is 5. The highest BCUT2D eigenvalue weighted by Crippen LogP contribution is 2.18. The lowest BCUT2D eigenvalue weighted by atomic mass is 10.00. The van der Waals surface area contributed by atoms with E-state index in [2.05, 4.69) is 10.3 Å². The van der Waals surface area contributed by atoms with Gasteiger partial charge in [-0.15, -0.1) is 0 Å². The second-order valence-electron chi connectivity index (χ2n) is 4.31. The summed E-state index contributed by atoms with van der Waals surface area (Å²) in [7, 11) is 0. The molecule has 0 atom stereocenters. The van der Waals surface area contributed by atoms with Crippen LogP contribution in [-0.4, -0.2) is 21.4 Å². The van der Waals surface area contributed by atoms with Crippen molar-refractivity contribution in [1.29, 1.82) is 0 Å². The van der Waals surface area contributed by atoms with Gasteiger partial charge in [0.2, 0.25) is 5.91 Å². The fraction of sp³-hybridized carbons (Fsp3) is 0.400. The molecule has 1 rings (SSSR count). The van der Waals surface area contributed by atoms with Gasteiger partial charge >= 0.3 is 5.82 Å². The highest BCUT2D eigenvalue weighted by molar-refractivity contribution is 5.75. The van der Waals surface area contributed by atoms with E-state index < -0.39 is 16.4 Å². The van der Waals surface area contributed by atoms with Gasteiger partial charge < -0.3 is 21.2 Å². The molecule has 0 fully saturated rings. The Morgan fingerprint density at radius 3 is 2.65 bits per heavy atom. The van der Waals surface area contributed by atoms with E-state index in [1.165, 1.54) is 18.3 Å². The van der Waals surface area contributed by atoms with Crippen LogP contribution in [0.15, 0.2) is 18.3 Å². The van der Waals surface area contributed by atoms with Crippen molar-refractivity contribution in [2.45, 2.75) is 25.8 Å². The summed E-state index contributed by atoms with van der Waals surface area (Å²) in [4.78, 5) is 24.3. The van der Waals surface area contributed by atoms with E-state index in [1.807, 2.05) is 0 Å². The number of carbonyl (C=O) groups is 1. The van der Waals surface area contributed by atoms with Gasteiger partial charge in [0.25, 0.3) is 0 Å². The second-order valence-corrected chi connectivity index (χ2v) is 4.31. The Labute approximate surface area is 98.2 Å². The summed E-state index contributed by atoms with van der Waals surface area (Å²) in [5.74, 6) is -0.638. The van der Waals surface area contributed by atoms with Crippen LogP contribution in [0.25, 0.3) is 0 Å². The maximum Gasteiger partial charge on any atom is 0.363 e. The zero-order valence-electron chi connectivity index (χ0n) is 9.64. The van der Waals surface area contributed by atoms with Crippen LogP contribution in [0.3, 0.4) is 0 Å². The van der Waals surface area contributed by atoms with Gasteiger partial charge in [0.1, 0.15) is 0 Å². The summed E-state index contributed by atoms with van der Waals surface area (Å²) >= 11 is 0. The molecule has 7 heteroatoms.